The number of unbranched alkanes of at least 4 members (excludes halogenated alkanes) is 7. The van der Waals surface area contributed by atoms with E-state index in [-0.39, 0.29) is 11.9 Å². The number of nitrogens with zero attached hydrogens (tertiary/aromatic N) is 2. The van der Waals surface area contributed by atoms with Crippen molar-refractivity contribution in [2.45, 2.75) is 70.8 Å². The largest absolute Gasteiger partial charge is 0.493 e. The first-order valence-electron chi connectivity index (χ1n) is 11.4. The highest BCUT2D eigenvalue weighted by Gasteiger charge is 2.37. The van der Waals surface area contributed by atoms with Crippen LogP contribution >= 0.6 is 0 Å². The van der Waals surface area contributed by atoms with Gasteiger partial charge in [-0.25, -0.2) is 0 Å². The maximum absolute atomic E-state index is 12.8. The predicted octanol–water partition coefficient (Wildman–Crippen LogP) is 4.59. The third-order valence-electron chi connectivity index (χ3n) is 6.44. The van der Waals surface area contributed by atoms with Crippen LogP contribution in [0.2, 0.25) is 0 Å². The molecule has 0 N–H and O–H groups in total. The Hall–Kier alpha value is -1.75. The summed E-state index contributed by atoms with van der Waals surface area (Å²) in [7, 11) is 3.35. The van der Waals surface area contributed by atoms with Crippen LogP contribution in [0.5, 0.6) is 11.5 Å². The van der Waals surface area contributed by atoms with Gasteiger partial charge in [0.1, 0.15) is 0 Å². The number of hydrogen-bond donors (Lipinski definition) is 0. The fourth-order valence-electron chi connectivity index (χ4n) is 4.75. The van der Waals surface area contributed by atoms with Gasteiger partial charge in [0.25, 0.3) is 0 Å². The van der Waals surface area contributed by atoms with Crippen molar-refractivity contribution in [3.05, 3.63) is 23.3 Å². The lowest BCUT2D eigenvalue weighted by molar-refractivity contribution is -0.140. The molecule has 0 aliphatic carbocycles. The standard InChI is InChI=1S/C24H38N2O3/c1-4-5-6-7-8-9-10-11-13-25-17-21-20-16-23(29-3)22(28-2)15-19(20)12-14-26(21)24(27)18-25/h15-16,21H,4-14,17-18H2,1-3H3. The second-order valence-corrected chi connectivity index (χ2v) is 8.47. The van der Waals surface area contributed by atoms with Gasteiger partial charge in [-0.1, -0.05) is 51.9 Å². The molecule has 1 amide bonds. The van der Waals surface area contributed by atoms with Gasteiger partial charge in [-0.3, -0.25) is 9.69 Å². The lowest BCUT2D eigenvalue weighted by Gasteiger charge is -2.44. The van der Waals surface area contributed by atoms with Gasteiger partial charge >= 0.3 is 0 Å². The molecule has 2 aliphatic heterocycles. The Balaban J connectivity index is 1.56. The summed E-state index contributed by atoms with van der Waals surface area (Å²) in [4.78, 5) is 17.2. The van der Waals surface area contributed by atoms with Crippen LogP contribution in [0, 0.1) is 0 Å². The van der Waals surface area contributed by atoms with Gasteiger partial charge in [0, 0.05) is 13.1 Å². The predicted molar refractivity (Wildman–Crippen MR) is 117 cm³/mol. The molecule has 2 aliphatic rings. The van der Waals surface area contributed by atoms with Crippen molar-refractivity contribution < 1.29 is 14.3 Å². The van der Waals surface area contributed by atoms with Gasteiger partial charge in [-0.05, 0) is 42.6 Å². The molecule has 0 radical (unpaired) electrons. The summed E-state index contributed by atoms with van der Waals surface area (Å²) in [5, 5.41) is 0. The minimum atomic E-state index is 0.133. The highest BCUT2D eigenvalue weighted by atomic mass is 16.5. The average Bonchev–Trinajstić information content (AvgIpc) is 2.74. The minimum Gasteiger partial charge on any atom is -0.493 e. The first kappa shape index (κ1) is 21.9. The Labute approximate surface area is 176 Å². The number of methoxy groups -OCH3 is 2. The minimum absolute atomic E-state index is 0.133. The van der Waals surface area contributed by atoms with Crippen molar-refractivity contribution in [3.63, 3.8) is 0 Å². The topological polar surface area (TPSA) is 42.0 Å². The summed E-state index contributed by atoms with van der Waals surface area (Å²) in [5.74, 6) is 1.79. The number of piperazine rings is 1. The van der Waals surface area contributed by atoms with Crippen LogP contribution in [0.4, 0.5) is 0 Å². The Bertz CT molecular complexity index is 676. The number of hydrogen-bond acceptors (Lipinski definition) is 4. The molecule has 2 heterocycles. The van der Waals surface area contributed by atoms with Crippen LogP contribution < -0.4 is 9.47 Å². The van der Waals surface area contributed by atoms with Crippen LogP contribution in [0.15, 0.2) is 12.1 Å². The molecule has 1 aromatic carbocycles. The fourth-order valence-corrected chi connectivity index (χ4v) is 4.75. The molecular weight excluding hydrogens is 364 g/mol. The van der Waals surface area contributed by atoms with E-state index < -0.39 is 0 Å². The zero-order chi connectivity index (χ0) is 20.6. The van der Waals surface area contributed by atoms with E-state index >= 15 is 0 Å². The third-order valence-corrected chi connectivity index (χ3v) is 6.44. The van der Waals surface area contributed by atoms with Crippen LogP contribution in [0.25, 0.3) is 0 Å². The Kier molecular flexibility index (Phi) is 8.22. The van der Waals surface area contributed by atoms with Crippen molar-refractivity contribution in [2.75, 3.05) is 40.4 Å². The van der Waals surface area contributed by atoms with E-state index in [0.717, 1.165) is 37.6 Å². The summed E-state index contributed by atoms with van der Waals surface area (Å²) < 4.78 is 11.0. The van der Waals surface area contributed by atoms with Crippen molar-refractivity contribution in [1.29, 1.82) is 0 Å². The third kappa shape index (κ3) is 5.44. The van der Waals surface area contributed by atoms with Crippen molar-refractivity contribution in [3.8, 4) is 11.5 Å². The van der Waals surface area contributed by atoms with Crippen LogP contribution in [-0.2, 0) is 11.2 Å². The zero-order valence-electron chi connectivity index (χ0n) is 18.5. The Morgan fingerprint density at radius 1 is 0.966 bits per heavy atom. The Morgan fingerprint density at radius 2 is 1.62 bits per heavy atom. The number of amides is 1. The molecule has 162 valence electrons. The molecule has 3 rings (SSSR count). The zero-order valence-corrected chi connectivity index (χ0v) is 18.5. The van der Waals surface area contributed by atoms with Gasteiger partial charge < -0.3 is 14.4 Å². The molecule has 0 bridgehead atoms. The van der Waals surface area contributed by atoms with Gasteiger partial charge in [0.15, 0.2) is 11.5 Å². The Morgan fingerprint density at radius 3 is 2.31 bits per heavy atom. The second kappa shape index (κ2) is 10.9. The fraction of sp³-hybridized carbons (Fsp3) is 0.708. The van der Waals surface area contributed by atoms with Crippen molar-refractivity contribution in [1.82, 2.24) is 9.80 Å². The van der Waals surface area contributed by atoms with E-state index in [0.29, 0.717) is 6.54 Å². The molecule has 29 heavy (non-hydrogen) atoms. The van der Waals surface area contributed by atoms with Gasteiger partial charge in [-0.15, -0.1) is 0 Å². The van der Waals surface area contributed by atoms with E-state index in [1.165, 1.54) is 62.5 Å². The van der Waals surface area contributed by atoms with Gasteiger partial charge in [0.05, 0.1) is 26.8 Å². The lowest BCUT2D eigenvalue weighted by Crippen LogP contribution is -2.54. The van der Waals surface area contributed by atoms with E-state index in [2.05, 4.69) is 28.9 Å². The highest BCUT2D eigenvalue weighted by Crippen LogP contribution is 2.39. The SMILES string of the molecule is CCCCCCCCCCN1CC(=O)N2CCc3cc(OC)c(OC)cc3C2C1. The summed E-state index contributed by atoms with van der Waals surface area (Å²) >= 11 is 0. The number of carbonyl (C=O) groups excluding carboxylic acids is 1. The number of carbonyl (C=O) groups is 1. The molecule has 0 saturated carbocycles. The maximum Gasteiger partial charge on any atom is 0.237 e. The number of benzene rings is 1. The number of ether oxygens (including phenoxy) is 2. The molecule has 1 saturated heterocycles. The lowest BCUT2D eigenvalue weighted by atomic mass is 9.90. The summed E-state index contributed by atoms with van der Waals surface area (Å²) in [6, 6.07) is 4.31. The monoisotopic (exact) mass is 402 g/mol. The molecule has 1 aromatic rings. The summed E-state index contributed by atoms with van der Waals surface area (Å²) in [5.41, 5.74) is 2.51. The summed E-state index contributed by atoms with van der Waals surface area (Å²) in [6.07, 6.45) is 11.4. The number of rotatable bonds is 11. The molecule has 0 aromatic heterocycles. The van der Waals surface area contributed by atoms with Crippen LogP contribution in [-0.4, -0.2) is 56.1 Å². The van der Waals surface area contributed by atoms with E-state index in [4.69, 9.17) is 9.47 Å². The molecule has 0 spiro atoms. The molecular formula is C24H38N2O3. The van der Waals surface area contributed by atoms with E-state index in [1.807, 2.05) is 0 Å². The van der Waals surface area contributed by atoms with E-state index in [9.17, 15) is 4.79 Å². The average molecular weight is 403 g/mol. The van der Waals surface area contributed by atoms with Crippen LogP contribution in [0.3, 0.4) is 0 Å². The second-order valence-electron chi connectivity index (χ2n) is 8.47. The quantitative estimate of drug-likeness (QED) is 0.508. The first-order chi connectivity index (χ1) is 14.2. The molecule has 1 atom stereocenters. The van der Waals surface area contributed by atoms with Crippen molar-refractivity contribution in [2.24, 2.45) is 0 Å². The van der Waals surface area contributed by atoms with Gasteiger partial charge in [-0.2, -0.15) is 0 Å². The molecule has 5 nitrogen and oxygen atoms in total. The smallest absolute Gasteiger partial charge is 0.237 e. The maximum atomic E-state index is 12.8. The highest BCUT2D eigenvalue weighted by molar-refractivity contribution is 5.80. The normalized spacial score (nSPS) is 19.1. The van der Waals surface area contributed by atoms with Crippen molar-refractivity contribution >= 4 is 5.91 Å². The first-order valence-corrected chi connectivity index (χ1v) is 11.4. The van der Waals surface area contributed by atoms with Gasteiger partial charge in [0.2, 0.25) is 5.91 Å². The molecule has 1 unspecified atom stereocenters. The van der Waals surface area contributed by atoms with E-state index in [1.54, 1.807) is 14.2 Å². The molecule has 5 heteroatoms. The van der Waals surface area contributed by atoms with Crippen LogP contribution in [0.1, 0.15) is 75.5 Å². The number of fused-ring (bicyclic) bond motifs is 3. The summed E-state index contributed by atoms with van der Waals surface area (Å²) in [6.45, 7) is 5.57. The molecule has 1 fully saturated rings.